The lowest BCUT2D eigenvalue weighted by Gasteiger charge is -2.13. The lowest BCUT2D eigenvalue weighted by molar-refractivity contribution is 0.420. The van der Waals surface area contributed by atoms with Crippen molar-refractivity contribution in [2.75, 3.05) is 6.54 Å². The first-order valence-corrected chi connectivity index (χ1v) is 8.00. The minimum absolute atomic E-state index is 0.731. The van der Waals surface area contributed by atoms with Gasteiger partial charge in [-0.2, -0.15) is 9.61 Å². The summed E-state index contributed by atoms with van der Waals surface area (Å²) in [7, 11) is 0. The van der Waals surface area contributed by atoms with Crippen LogP contribution in [0.25, 0.3) is 4.96 Å². The quantitative estimate of drug-likeness (QED) is 0.807. The summed E-state index contributed by atoms with van der Waals surface area (Å²) in [5.74, 6) is 1.68. The number of nitrogens with zero attached hydrogens (tertiary/aromatic N) is 4. The van der Waals surface area contributed by atoms with Crippen molar-refractivity contribution in [1.82, 2.24) is 19.8 Å². The Balaban J connectivity index is 1.98. The molecule has 0 fully saturated rings. The van der Waals surface area contributed by atoms with Gasteiger partial charge in [0.15, 0.2) is 5.82 Å². The maximum Gasteiger partial charge on any atom is 0.234 e. The molecule has 0 radical (unpaired) electrons. The highest BCUT2D eigenvalue weighted by molar-refractivity contribution is 7.16. The summed E-state index contributed by atoms with van der Waals surface area (Å²) in [6, 6.07) is 0. The van der Waals surface area contributed by atoms with Crippen molar-refractivity contribution in [3.63, 3.8) is 0 Å². The molecule has 2 aromatic rings. The Labute approximate surface area is 118 Å². The Kier molecular flexibility index (Phi) is 5.27. The van der Waals surface area contributed by atoms with Crippen LogP contribution < -0.4 is 5.73 Å². The summed E-state index contributed by atoms with van der Waals surface area (Å²) in [6.07, 6.45) is 6.70. The summed E-state index contributed by atoms with van der Waals surface area (Å²) in [6.45, 7) is 5.10. The largest absolute Gasteiger partial charge is 0.330 e. The second-order valence-electron chi connectivity index (χ2n) is 4.93. The molecule has 106 valence electrons. The molecule has 0 aliphatic rings. The monoisotopic (exact) mass is 281 g/mol. The zero-order valence-electron chi connectivity index (χ0n) is 11.8. The molecule has 0 amide bonds. The number of aryl methyl sites for hydroxylation is 2. The van der Waals surface area contributed by atoms with Crippen LogP contribution in [0.2, 0.25) is 0 Å². The van der Waals surface area contributed by atoms with Gasteiger partial charge in [0.05, 0.1) is 0 Å². The van der Waals surface area contributed by atoms with E-state index in [-0.39, 0.29) is 0 Å². The number of nitrogens with two attached hydrogens (primary N) is 1. The third kappa shape index (κ3) is 3.51. The zero-order valence-corrected chi connectivity index (χ0v) is 12.6. The van der Waals surface area contributed by atoms with Crippen molar-refractivity contribution in [2.24, 2.45) is 11.7 Å². The van der Waals surface area contributed by atoms with Crippen molar-refractivity contribution in [2.45, 2.75) is 52.4 Å². The summed E-state index contributed by atoms with van der Waals surface area (Å²) >= 11 is 1.66. The van der Waals surface area contributed by atoms with Crippen LogP contribution in [0.4, 0.5) is 0 Å². The first kappa shape index (κ1) is 14.4. The fourth-order valence-electron chi connectivity index (χ4n) is 2.42. The van der Waals surface area contributed by atoms with Gasteiger partial charge >= 0.3 is 0 Å². The van der Waals surface area contributed by atoms with Gasteiger partial charge in [-0.3, -0.25) is 0 Å². The third-order valence-electron chi connectivity index (χ3n) is 3.45. The van der Waals surface area contributed by atoms with Crippen molar-refractivity contribution >= 4 is 16.3 Å². The van der Waals surface area contributed by atoms with Crippen LogP contribution in [0, 0.1) is 5.92 Å². The smallest absolute Gasteiger partial charge is 0.234 e. The van der Waals surface area contributed by atoms with Gasteiger partial charge in [-0.25, -0.2) is 0 Å². The lowest BCUT2D eigenvalue weighted by atomic mass is 9.95. The van der Waals surface area contributed by atoms with Crippen LogP contribution in [0.3, 0.4) is 0 Å². The van der Waals surface area contributed by atoms with Crippen LogP contribution >= 0.6 is 11.3 Å². The number of hydrogen-bond acceptors (Lipinski definition) is 5. The van der Waals surface area contributed by atoms with E-state index in [1.165, 1.54) is 19.3 Å². The van der Waals surface area contributed by atoms with E-state index >= 15 is 0 Å². The van der Waals surface area contributed by atoms with E-state index < -0.39 is 0 Å². The Morgan fingerprint density at radius 3 is 2.74 bits per heavy atom. The molecular weight excluding hydrogens is 258 g/mol. The lowest BCUT2D eigenvalue weighted by Crippen LogP contribution is -2.09. The highest BCUT2D eigenvalue weighted by Crippen LogP contribution is 2.21. The standard InChI is InChI=1S/C13H23N5S/c1-3-5-10(8-9-14)6-7-12-17-18-11(4-2)15-16-13(18)19-12/h10H,3-9,14H2,1-2H3. The number of aromatic nitrogens is 4. The van der Waals surface area contributed by atoms with Crippen molar-refractivity contribution < 1.29 is 0 Å². The van der Waals surface area contributed by atoms with E-state index in [9.17, 15) is 0 Å². The number of fused-ring (bicyclic) bond motifs is 1. The molecule has 0 aliphatic heterocycles. The minimum atomic E-state index is 0.731. The predicted octanol–water partition coefficient (Wildman–Crippen LogP) is 2.45. The first-order chi connectivity index (χ1) is 9.28. The minimum Gasteiger partial charge on any atom is -0.330 e. The molecule has 1 atom stereocenters. The van der Waals surface area contributed by atoms with Gasteiger partial charge < -0.3 is 5.73 Å². The summed E-state index contributed by atoms with van der Waals surface area (Å²) in [5.41, 5.74) is 5.68. The van der Waals surface area contributed by atoms with E-state index in [2.05, 4.69) is 29.1 Å². The highest BCUT2D eigenvalue weighted by Gasteiger charge is 2.12. The number of hydrogen-bond donors (Lipinski definition) is 1. The maximum atomic E-state index is 5.68. The van der Waals surface area contributed by atoms with E-state index in [1.807, 2.05) is 4.52 Å². The highest BCUT2D eigenvalue weighted by atomic mass is 32.1. The van der Waals surface area contributed by atoms with E-state index in [4.69, 9.17) is 5.73 Å². The van der Waals surface area contributed by atoms with Crippen LogP contribution in [-0.4, -0.2) is 26.4 Å². The average molecular weight is 281 g/mol. The fraction of sp³-hybridized carbons (Fsp3) is 0.769. The molecule has 0 aliphatic carbocycles. The SMILES string of the molecule is CCCC(CCN)CCc1nn2c(CC)nnc2s1. The zero-order chi connectivity index (χ0) is 13.7. The maximum absolute atomic E-state index is 5.68. The molecule has 0 aromatic carbocycles. The van der Waals surface area contributed by atoms with Gasteiger partial charge in [0, 0.05) is 12.8 Å². The molecule has 2 heterocycles. The van der Waals surface area contributed by atoms with Crippen LogP contribution in [-0.2, 0) is 12.8 Å². The summed E-state index contributed by atoms with van der Waals surface area (Å²) < 4.78 is 1.89. The van der Waals surface area contributed by atoms with Gasteiger partial charge in [0.2, 0.25) is 4.96 Å². The Hall–Kier alpha value is -1.01. The van der Waals surface area contributed by atoms with Crippen molar-refractivity contribution in [3.8, 4) is 0 Å². The van der Waals surface area contributed by atoms with Crippen LogP contribution in [0.15, 0.2) is 0 Å². The predicted molar refractivity (Wildman–Crippen MR) is 78.4 cm³/mol. The van der Waals surface area contributed by atoms with E-state index in [0.717, 1.165) is 47.5 Å². The van der Waals surface area contributed by atoms with Gasteiger partial charge in [-0.05, 0) is 25.3 Å². The molecule has 0 spiro atoms. The van der Waals surface area contributed by atoms with Gasteiger partial charge in [-0.15, -0.1) is 10.2 Å². The molecule has 1 unspecified atom stereocenters. The number of rotatable bonds is 8. The summed E-state index contributed by atoms with van der Waals surface area (Å²) in [5, 5.41) is 14.1. The second-order valence-corrected chi connectivity index (χ2v) is 5.97. The molecule has 2 rings (SSSR count). The van der Waals surface area contributed by atoms with Crippen LogP contribution in [0.1, 0.15) is 50.4 Å². The molecule has 2 aromatic heterocycles. The Morgan fingerprint density at radius 1 is 1.21 bits per heavy atom. The average Bonchev–Trinajstić information content (AvgIpc) is 2.95. The molecule has 0 bridgehead atoms. The van der Waals surface area contributed by atoms with Crippen molar-refractivity contribution in [3.05, 3.63) is 10.8 Å². The molecule has 19 heavy (non-hydrogen) atoms. The molecule has 0 saturated carbocycles. The molecular formula is C13H23N5S. The van der Waals surface area contributed by atoms with Gasteiger partial charge in [-0.1, -0.05) is 38.0 Å². The Morgan fingerprint density at radius 2 is 2.05 bits per heavy atom. The summed E-state index contributed by atoms with van der Waals surface area (Å²) in [4.78, 5) is 0.915. The van der Waals surface area contributed by atoms with Crippen molar-refractivity contribution in [1.29, 1.82) is 0 Å². The molecule has 0 saturated heterocycles. The molecule has 2 N–H and O–H groups in total. The normalized spacial score (nSPS) is 13.2. The first-order valence-electron chi connectivity index (χ1n) is 7.18. The van der Waals surface area contributed by atoms with Crippen LogP contribution in [0.5, 0.6) is 0 Å². The van der Waals surface area contributed by atoms with E-state index in [0.29, 0.717) is 0 Å². The fourth-order valence-corrected chi connectivity index (χ4v) is 3.29. The second kappa shape index (κ2) is 6.96. The third-order valence-corrected chi connectivity index (χ3v) is 4.41. The van der Waals surface area contributed by atoms with Gasteiger partial charge in [0.1, 0.15) is 5.01 Å². The molecule has 5 nitrogen and oxygen atoms in total. The molecule has 6 heteroatoms. The van der Waals surface area contributed by atoms with E-state index in [1.54, 1.807) is 11.3 Å². The topological polar surface area (TPSA) is 69.1 Å². The van der Waals surface area contributed by atoms with Gasteiger partial charge in [0.25, 0.3) is 0 Å². The Bertz CT molecular complexity index is 498.